The summed E-state index contributed by atoms with van der Waals surface area (Å²) in [7, 11) is 0. The van der Waals surface area contributed by atoms with Gasteiger partial charge in [0.1, 0.15) is 9.88 Å². The van der Waals surface area contributed by atoms with Gasteiger partial charge >= 0.3 is 6.18 Å². The number of nitrogens with zero attached hydrogens (tertiary/aromatic N) is 3. The van der Waals surface area contributed by atoms with Crippen molar-refractivity contribution in [1.29, 1.82) is 0 Å². The van der Waals surface area contributed by atoms with Crippen molar-refractivity contribution in [1.82, 2.24) is 14.8 Å². The molecule has 0 radical (unpaired) electrons. The fourth-order valence-corrected chi connectivity index (χ4v) is 5.42. The number of thiophene rings is 1. The van der Waals surface area contributed by atoms with Crippen LogP contribution in [0, 0.1) is 6.92 Å². The second kappa shape index (κ2) is 9.62. The summed E-state index contributed by atoms with van der Waals surface area (Å²) in [6.45, 7) is 3.54. The average Bonchev–Trinajstić information content (AvgIpc) is 3.43. The van der Waals surface area contributed by atoms with Crippen LogP contribution in [0.5, 0.6) is 0 Å². The smallest absolute Gasteiger partial charge is 0.335 e. The molecular formula is C22H21F3N4O2S2. The Kier molecular flexibility index (Phi) is 6.82. The van der Waals surface area contributed by atoms with Gasteiger partial charge in [-0.25, -0.2) is 4.98 Å². The van der Waals surface area contributed by atoms with E-state index in [1.807, 2.05) is 29.3 Å². The Hall–Kier alpha value is -2.76. The Morgan fingerprint density at radius 2 is 1.82 bits per heavy atom. The standard InChI is InChI=1S/C22H21F3N4O2S2/c1-14-19(33-20(26-14)17-7-4-12-32-17)21(31)29-10-8-28(9-11-29)13-18(30)27-16-6-3-2-5-15(16)22(23,24)25/h2-7,12H,8-11,13H2,1H3,(H,27,30). The first-order valence-electron chi connectivity index (χ1n) is 10.2. The van der Waals surface area contributed by atoms with Crippen LogP contribution in [-0.4, -0.2) is 59.3 Å². The molecule has 0 spiro atoms. The highest BCUT2D eigenvalue weighted by molar-refractivity contribution is 7.22. The quantitative estimate of drug-likeness (QED) is 0.563. The minimum Gasteiger partial charge on any atom is -0.335 e. The predicted molar refractivity (Wildman–Crippen MR) is 123 cm³/mol. The van der Waals surface area contributed by atoms with E-state index in [4.69, 9.17) is 0 Å². The molecule has 1 saturated heterocycles. The van der Waals surface area contributed by atoms with Crippen molar-refractivity contribution in [3.63, 3.8) is 0 Å². The number of thiazole rings is 1. The molecule has 0 atom stereocenters. The number of aromatic nitrogens is 1. The molecule has 0 aliphatic carbocycles. The summed E-state index contributed by atoms with van der Waals surface area (Å²) in [5.74, 6) is -0.610. The van der Waals surface area contributed by atoms with Gasteiger partial charge in [0.15, 0.2) is 0 Å². The minimum absolute atomic E-state index is 0.0453. The van der Waals surface area contributed by atoms with Crippen molar-refractivity contribution in [2.24, 2.45) is 0 Å². The Morgan fingerprint density at radius 1 is 1.09 bits per heavy atom. The van der Waals surface area contributed by atoms with E-state index in [-0.39, 0.29) is 18.1 Å². The molecule has 2 amide bonds. The number of piperazine rings is 1. The van der Waals surface area contributed by atoms with Gasteiger partial charge in [-0.3, -0.25) is 14.5 Å². The molecule has 1 aliphatic rings. The number of alkyl halides is 3. The third kappa shape index (κ3) is 5.43. The minimum atomic E-state index is -4.55. The number of nitrogens with one attached hydrogen (secondary N) is 1. The largest absolute Gasteiger partial charge is 0.418 e. The van der Waals surface area contributed by atoms with Crippen molar-refractivity contribution in [2.75, 3.05) is 38.0 Å². The van der Waals surface area contributed by atoms with E-state index in [1.165, 1.54) is 29.5 Å². The lowest BCUT2D eigenvalue weighted by molar-refractivity contribution is -0.137. The summed E-state index contributed by atoms with van der Waals surface area (Å²) in [4.78, 5) is 35.1. The molecule has 1 N–H and O–H groups in total. The number of aryl methyl sites for hydroxylation is 1. The summed E-state index contributed by atoms with van der Waals surface area (Å²) in [5, 5.41) is 5.14. The average molecular weight is 495 g/mol. The van der Waals surface area contributed by atoms with E-state index in [9.17, 15) is 22.8 Å². The maximum atomic E-state index is 13.1. The van der Waals surface area contributed by atoms with Crippen LogP contribution in [0.25, 0.3) is 9.88 Å². The molecule has 1 aromatic carbocycles. The number of carbonyl (C=O) groups excluding carboxylic acids is 2. The Morgan fingerprint density at radius 3 is 2.48 bits per heavy atom. The zero-order valence-electron chi connectivity index (χ0n) is 17.7. The molecule has 3 aromatic rings. The Labute approximate surface area is 196 Å². The summed E-state index contributed by atoms with van der Waals surface area (Å²) in [5.41, 5.74) is -0.444. The molecule has 2 aromatic heterocycles. The number of hydrogen-bond acceptors (Lipinski definition) is 6. The van der Waals surface area contributed by atoms with Crippen LogP contribution in [0.4, 0.5) is 18.9 Å². The lowest BCUT2D eigenvalue weighted by Gasteiger charge is -2.34. The normalized spacial score (nSPS) is 15.0. The van der Waals surface area contributed by atoms with Gasteiger partial charge in [-0.2, -0.15) is 13.2 Å². The van der Waals surface area contributed by atoms with Crippen LogP contribution < -0.4 is 5.32 Å². The molecular weight excluding hydrogens is 473 g/mol. The van der Waals surface area contributed by atoms with Gasteiger partial charge in [0.25, 0.3) is 5.91 Å². The van der Waals surface area contributed by atoms with Gasteiger partial charge in [-0.1, -0.05) is 18.2 Å². The highest BCUT2D eigenvalue weighted by atomic mass is 32.1. The van der Waals surface area contributed by atoms with Gasteiger partial charge in [-0.05, 0) is 30.5 Å². The molecule has 4 rings (SSSR count). The third-order valence-corrected chi connectivity index (χ3v) is 7.44. The second-order valence-electron chi connectivity index (χ2n) is 7.57. The van der Waals surface area contributed by atoms with E-state index >= 15 is 0 Å². The lowest BCUT2D eigenvalue weighted by atomic mass is 10.1. The molecule has 174 valence electrons. The van der Waals surface area contributed by atoms with Crippen molar-refractivity contribution < 1.29 is 22.8 Å². The molecule has 0 saturated carbocycles. The van der Waals surface area contributed by atoms with Crippen molar-refractivity contribution >= 4 is 40.2 Å². The van der Waals surface area contributed by atoms with Crippen LogP contribution in [0.3, 0.4) is 0 Å². The van der Waals surface area contributed by atoms with Crippen LogP contribution >= 0.6 is 22.7 Å². The van der Waals surface area contributed by atoms with Gasteiger partial charge in [0.2, 0.25) is 5.91 Å². The number of carbonyl (C=O) groups is 2. The summed E-state index contributed by atoms with van der Waals surface area (Å²) < 4.78 is 39.4. The fraction of sp³-hybridized carbons (Fsp3) is 0.318. The van der Waals surface area contributed by atoms with Gasteiger partial charge in [0, 0.05) is 26.2 Å². The van der Waals surface area contributed by atoms with Crippen molar-refractivity contribution in [2.45, 2.75) is 13.1 Å². The van der Waals surface area contributed by atoms with Crippen LogP contribution in [-0.2, 0) is 11.0 Å². The number of amides is 2. The van der Waals surface area contributed by atoms with Gasteiger partial charge < -0.3 is 10.2 Å². The zero-order chi connectivity index (χ0) is 23.6. The fourth-order valence-electron chi connectivity index (χ4n) is 3.59. The topological polar surface area (TPSA) is 65.5 Å². The molecule has 0 unspecified atom stereocenters. The SMILES string of the molecule is Cc1nc(-c2cccs2)sc1C(=O)N1CCN(CC(=O)Nc2ccccc2C(F)(F)F)CC1. The molecule has 6 nitrogen and oxygen atoms in total. The highest BCUT2D eigenvalue weighted by Crippen LogP contribution is 2.34. The first-order chi connectivity index (χ1) is 15.7. The van der Waals surface area contributed by atoms with Crippen molar-refractivity contribution in [3.8, 4) is 9.88 Å². The first-order valence-corrected chi connectivity index (χ1v) is 11.9. The van der Waals surface area contributed by atoms with Crippen LogP contribution in [0.15, 0.2) is 41.8 Å². The van der Waals surface area contributed by atoms with Crippen LogP contribution in [0.1, 0.15) is 20.9 Å². The predicted octanol–water partition coefficient (Wildman–Crippen LogP) is 4.60. The number of para-hydroxylation sites is 1. The highest BCUT2D eigenvalue weighted by Gasteiger charge is 2.34. The maximum Gasteiger partial charge on any atom is 0.418 e. The molecule has 0 bridgehead atoms. The number of hydrogen-bond donors (Lipinski definition) is 1. The zero-order valence-corrected chi connectivity index (χ0v) is 19.3. The Balaban J connectivity index is 1.32. The van der Waals surface area contributed by atoms with E-state index in [0.29, 0.717) is 36.8 Å². The third-order valence-electron chi connectivity index (χ3n) is 5.26. The summed E-state index contributed by atoms with van der Waals surface area (Å²) in [6, 6.07) is 8.80. The molecule has 33 heavy (non-hydrogen) atoms. The number of rotatable bonds is 5. The maximum absolute atomic E-state index is 13.1. The van der Waals surface area contributed by atoms with Crippen molar-refractivity contribution in [3.05, 3.63) is 57.9 Å². The Bertz CT molecular complexity index is 1140. The van der Waals surface area contributed by atoms with E-state index in [2.05, 4.69) is 10.3 Å². The lowest BCUT2D eigenvalue weighted by Crippen LogP contribution is -2.50. The summed E-state index contributed by atoms with van der Waals surface area (Å²) in [6.07, 6.45) is -4.55. The van der Waals surface area contributed by atoms with E-state index in [0.717, 1.165) is 16.0 Å². The molecule has 3 heterocycles. The van der Waals surface area contributed by atoms with E-state index < -0.39 is 17.6 Å². The molecule has 11 heteroatoms. The summed E-state index contributed by atoms with van der Waals surface area (Å²) >= 11 is 2.94. The van der Waals surface area contributed by atoms with Gasteiger partial charge in [0.05, 0.1) is 28.4 Å². The molecule has 1 aliphatic heterocycles. The van der Waals surface area contributed by atoms with Crippen LogP contribution in [0.2, 0.25) is 0 Å². The first kappa shape index (κ1) is 23.4. The van der Waals surface area contributed by atoms with E-state index in [1.54, 1.807) is 16.2 Å². The monoisotopic (exact) mass is 494 g/mol. The van der Waals surface area contributed by atoms with Gasteiger partial charge in [-0.15, -0.1) is 22.7 Å². The second-order valence-corrected chi connectivity index (χ2v) is 9.52. The molecule has 1 fully saturated rings. The number of benzene rings is 1. The number of halogens is 3. The number of anilines is 1.